The van der Waals surface area contributed by atoms with Crippen LogP contribution >= 0.6 is 15.9 Å². The number of anilines is 1. The summed E-state index contributed by atoms with van der Waals surface area (Å²) in [5.41, 5.74) is 1.06. The molecule has 0 radical (unpaired) electrons. The number of nitrogens with zero attached hydrogens (tertiary/aromatic N) is 3. The standard InChI is InChI=1S/C12H18BrN3/c1-10-11(13)4-5-12(14-10)16-7-3-6-15(2)8-9-16/h4-5H,3,6-9H2,1-2H3. The van der Waals surface area contributed by atoms with Gasteiger partial charge in [0, 0.05) is 24.1 Å². The van der Waals surface area contributed by atoms with Crippen molar-refractivity contribution in [1.29, 1.82) is 0 Å². The van der Waals surface area contributed by atoms with E-state index in [1.165, 1.54) is 13.0 Å². The highest BCUT2D eigenvalue weighted by atomic mass is 79.9. The first-order valence-electron chi connectivity index (χ1n) is 5.73. The molecule has 1 aliphatic rings. The van der Waals surface area contributed by atoms with E-state index in [1.54, 1.807) is 0 Å². The van der Waals surface area contributed by atoms with Crippen LogP contribution in [0.5, 0.6) is 0 Å². The van der Waals surface area contributed by atoms with E-state index in [4.69, 9.17) is 0 Å². The molecule has 0 bridgehead atoms. The Morgan fingerprint density at radius 1 is 1.19 bits per heavy atom. The third-order valence-electron chi connectivity index (χ3n) is 3.05. The number of hydrogen-bond acceptors (Lipinski definition) is 3. The molecule has 1 aromatic rings. The summed E-state index contributed by atoms with van der Waals surface area (Å²) in [5, 5.41) is 0. The van der Waals surface area contributed by atoms with Crippen molar-refractivity contribution in [2.75, 3.05) is 38.1 Å². The van der Waals surface area contributed by atoms with Crippen LogP contribution in [0, 0.1) is 6.92 Å². The Morgan fingerprint density at radius 2 is 2.00 bits per heavy atom. The van der Waals surface area contributed by atoms with Gasteiger partial charge in [-0.1, -0.05) is 0 Å². The predicted octanol–water partition coefficient (Wildman–Crippen LogP) is 2.29. The van der Waals surface area contributed by atoms with E-state index in [2.05, 4.69) is 49.9 Å². The first-order chi connectivity index (χ1) is 7.66. The highest BCUT2D eigenvalue weighted by Gasteiger charge is 2.13. The number of hydrogen-bond donors (Lipinski definition) is 0. The van der Waals surface area contributed by atoms with Crippen molar-refractivity contribution in [1.82, 2.24) is 9.88 Å². The molecule has 1 aromatic heterocycles. The molecule has 16 heavy (non-hydrogen) atoms. The Bertz CT molecular complexity index is 367. The van der Waals surface area contributed by atoms with Gasteiger partial charge in [0.05, 0.1) is 5.69 Å². The molecule has 1 saturated heterocycles. The lowest BCUT2D eigenvalue weighted by atomic mass is 10.3. The van der Waals surface area contributed by atoms with E-state index < -0.39 is 0 Å². The van der Waals surface area contributed by atoms with Gasteiger partial charge in [0.1, 0.15) is 5.82 Å². The Kier molecular flexibility index (Phi) is 3.82. The maximum Gasteiger partial charge on any atom is 0.128 e. The predicted molar refractivity (Wildman–Crippen MR) is 71.0 cm³/mol. The van der Waals surface area contributed by atoms with Crippen molar-refractivity contribution >= 4 is 21.7 Å². The van der Waals surface area contributed by atoms with Crippen LogP contribution in [0.2, 0.25) is 0 Å². The molecule has 0 spiro atoms. The second-order valence-corrected chi connectivity index (χ2v) is 5.23. The van der Waals surface area contributed by atoms with Crippen LogP contribution in [0.25, 0.3) is 0 Å². The summed E-state index contributed by atoms with van der Waals surface area (Å²) in [4.78, 5) is 9.38. The number of halogens is 1. The zero-order chi connectivity index (χ0) is 11.5. The lowest BCUT2D eigenvalue weighted by Gasteiger charge is -2.22. The first kappa shape index (κ1) is 11.9. The minimum absolute atomic E-state index is 1.06. The van der Waals surface area contributed by atoms with Crippen molar-refractivity contribution in [2.24, 2.45) is 0 Å². The Balaban J connectivity index is 2.13. The van der Waals surface area contributed by atoms with E-state index in [9.17, 15) is 0 Å². The van der Waals surface area contributed by atoms with E-state index in [0.29, 0.717) is 0 Å². The zero-order valence-electron chi connectivity index (χ0n) is 9.91. The van der Waals surface area contributed by atoms with Gasteiger partial charge < -0.3 is 9.80 Å². The molecule has 0 unspecified atom stereocenters. The quantitative estimate of drug-likeness (QED) is 0.789. The highest BCUT2D eigenvalue weighted by Crippen LogP contribution is 2.19. The molecule has 2 heterocycles. The molecule has 0 amide bonds. The third kappa shape index (κ3) is 2.74. The van der Waals surface area contributed by atoms with Gasteiger partial charge in [0.15, 0.2) is 0 Å². The Morgan fingerprint density at radius 3 is 2.75 bits per heavy atom. The number of likely N-dealkylation sites (N-methyl/N-ethyl adjacent to an activating group) is 1. The molecule has 0 N–H and O–H groups in total. The van der Waals surface area contributed by atoms with Gasteiger partial charge in [-0.3, -0.25) is 0 Å². The largest absolute Gasteiger partial charge is 0.355 e. The fourth-order valence-electron chi connectivity index (χ4n) is 1.98. The van der Waals surface area contributed by atoms with E-state index >= 15 is 0 Å². The molecule has 0 atom stereocenters. The summed E-state index contributed by atoms with van der Waals surface area (Å²) in [5.74, 6) is 1.11. The van der Waals surface area contributed by atoms with Crippen LogP contribution in [0.15, 0.2) is 16.6 Å². The van der Waals surface area contributed by atoms with Gasteiger partial charge >= 0.3 is 0 Å². The zero-order valence-corrected chi connectivity index (χ0v) is 11.5. The van der Waals surface area contributed by atoms with Gasteiger partial charge in [-0.05, 0) is 55.0 Å². The summed E-state index contributed by atoms with van der Waals surface area (Å²) in [6.45, 7) is 6.53. The first-order valence-corrected chi connectivity index (χ1v) is 6.53. The van der Waals surface area contributed by atoms with E-state index in [1.807, 2.05) is 6.92 Å². The number of rotatable bonds is 1. The summed E-state index contributed by atoms with van der Waals surface area (Å²) in [6.07, 6.45) is 1.22. The van der Waals surface area contributed by atoms with Gasteiger partial charge in [0.2, 0.25) is 0 Å². The average molecular weight is 284 g/mol. The monoisotopic (exact) mass is 283 g/mol. The van der Waals surface area contributed by atoms with Crippen LogP contribution in [-0.4, -0.2) is 43.1 Å². The third-order valence-corrected chi connectivity index (χ3v) is 3.89. The average Bonchev–Trinajstić information content (AvgIpc) is 2.47. The second kappa shape index (κ2) is 5.15. The van der Waals surface area contributed by atoms with Crippen LogP contribution in [0.4, 0.5) is 5.82 Å². The molecule has 0 aliphatic carbocycles. The van der Waals surface area contributed by atoms with Gasteiger partial charge in [0.25, 0.3) is 0 Å². The van der Waals surface area contributed by atoms with Gasteiger partial charge in [-0.15, -0.1) is 0 Å². The molecule has 88 valence electrons. The summed E-state index contributed by atoms with van der Waals surface area (Å²) in [6, 6.07) is 4.19. The summed E-state index contributed by atoms with van der Waals surface area (Å²) >= 11 is 3.49. The molecule has 3 nitrogen and oxygen atoms in total. The lowest BCUT2D eigenvalue weighted by molar-refractivity contribution is 0.360. The summed E-state index contributed by atoms with van der Waals surface area (Å²) < 4.78 is 1.09. The smallest absolute Gasteiger partial charge is 0.128 e. The number of pyridine rings is 1. The van der Waals surface area contributed by atoms with Crippen LogP contribution in [0.3, 0.4) is 0 Å². The van der Waals surface area contributed by atoms with Crippen LogP contribution in [-0.2, 0) is 0 Å². The maximum absolute atomic E-state index is 4.62. The molecule has 1 aliphatic heterocycles. The van der Waals surface area contributed by atoms with Crippen molar-refractivity contribution in [3.63, 3.8) is 0 Å². The number of aromatic nitrogens is 1. The molecule has 2 rings (SSSR count). The second-order valence-electron chi connectivity index (χ2n) is 4.38. The highest BCUT2D eigenvalue weighted by molar-refractivity contribution is 9.10. The lowest BCUT2D eigenvalue weighted by Crippen LogP contribution is -2.29. The molecular formula is C12H18BrN3. The van der Waals surface area contributed by atoms with Crippen molar-refractivity contribution < 1.29 is 0 Å². The fraction of sp³-hybridized carbons (Fsp3) is 0.583. The van der Waals surface area contributed by atoms with Crippen molar-refractivity contribution in [2.45, 2.75) is 13.3 Å². The van der Waals surface area contributed by atoms with E-state index in [-0.39, 0.29) is 0 Å². The summed E-state index contributed by atoms with van der Waals surface area (Å²) in [7, 11) is 2.18. The SMILES string of the molecule is Cc1nc(N2CCCN(C)CC2)ccc1Br. The van der Waals surface area contributed by atoms with E-state index in [0.717, 1.165) is 35.6 Å². The Hall–Kier alpha value is -0.610. The topological polar surface area (TPSA) is 19.4 Å². The molecule has 1 fully saturated rings. The molecular weight excluding hydrogens is 266 g/mol. The van der Waals surface area contributed by atoms with Crippen molar-refractivity contribution in [3.8, 4) is 0 Å². The fourth-order valence-corrected chi connectivity index (χ4v) is 2.20. The maximum atomic E-state index is 4.62. The molecule has 0 aromatic carbocycles. The minimum Gasteiger partial charge on any atom is -0.355 e. The molecule has 4 heteroatoms. The molecule has 0 saturated carbocycles. The van der Waals surface area contributed by atoms with Crippen LogP contribution < -0.4 is 4.90 Å². The van der Waals surface area contributed by atoms with Gasteiger partial charge in [-0.25, -0.2) is 4.98 Å². The minimum atomic E-state index is 1.06. The number of aryl methyl sites for hydroxylation is 1. The van der Waals surface area contributed by atoms with Gasteiger partial charge in [-0.2, -0.15) is 0 Å². The normalized spacial score (nSPS) is 18.6. The Labute approximate surface area is 106 Å². The van der Waals surface area contributed by atoms with Crippen molar-refractivity contribution in [3.05, 3.63) is 22.3 Å². The van der Waals surface area contributed by atoms with Crippen LogP contribution in [0.1, 0.15) is 12.1 Å².